The number of ketones is 1. The van der Waals surface area contributed by atoms with Gasteiger partial charge in [0.05, 0.1) is 18.8 Å². The lowest BCUT2D eigenvalue weighted by atomic mass is 9.44. The molecule has 0 aromatic carbocycles. The standard InChI is InChI=1S/C27H42O4/c1-15-7-10-27(30-14-15)16(2)24-22(31-27)12-21-19-6-5-17-11-18(28)8-9-25(17,3)20(19)13-23(29)26(21,24)4/h15-22,24,28H,5-14H2,1-4H3/t15-,16?,17+,18+,19?,20?,21?,22?,24?,25+,26-,27-/m1/s1. The molecule has 6 unspecified atom stereocenters. The van der Waals surface area contributed by atoms with Gasteiger partial charge >= 0.3 is 0 Å². The molecule has 1 spiro atoms. The van der Waals surface area contributed by atoms with Crippen molar-refractivity contribution in [2.75, 3.05) is 6.61 Å². The molecule has 0 aromatic heterocycles. The maximum absolute atomic E-state index is 14.0. The SMILES string of the molecule is CC1C2C(CC3C4CC[C@H]5C[C@@H](O)CC[C@]5(C)C4CC(=O)[C@@]32C)O[C@]12CC[C@@H](C)CO2. The molecule has 6 fully saturated rings. The highest BCUT2D eigenvalue weighted by Crippen LogP contribution is 2.70. The summed E-state index contributed by atoms with van der Waals surface area (Å²) in [5.74, 6) is 3.45. The van der Waals surface area contributed by atoms with Crippen molar-refractivity contribution in [1.29, 1.82) is 0 Å². The van der Waals surface area contributed by atoms with E-state index in [2.05, 4.69) is 27.7 Å². The first kappa shape index (κ1) is 21.1. The fourth-order valence-corrected chi connectivity index (χ4v) is 9.93. The van der Waals surface area contributed by atoms with Crippen molar-refractivity contribution in [1.82, 2.24) is 0 Å². The minimum absolute atomic E-state index is 0.131. The first-order chi connectivity index (χ1) is 14.7. The number of aliphatic hydroxyl groups excluding tert-OH is 1. The smallest absolute Gasteiger partial charge is 0.171 e. The summed E-state index contributed by atoms with van der Waals surface area (Å²) in [6.45, 7) is 10.1. The van der Waals surface area contributed by atoms with Crippen molar-refractivity contribution >= 4 is 5.78 Å². The Morgan fingerprint density at radius 1 is 1.00 bits per heavy atom. The Balaban J connectivity index is 1.30. The largest absolute Gasteiger partial charge is 0.393 e. The van der Waals surface area contributed by atoms with Gasteiger partial charge in [-0.2, -0.15) is 0 Å². The third-order valence-corrected chi connectivity index (χ3v) is 11.8. The molecule has 0 aromatic rings. The number of ether oxygens (including phenoxy) is 2. The monoisotopic (exact) mass is 430 g/mol. The Hall–Kier alpha value is -0.450. The third kappa shape index (κ3) is 2.68. The molecule has 2 saturated heterocycles. The molecule has 0 bridgehead atoms. The lowest BCUT2D eigenvalue weighted by Gasteiger charge is -2.60. The van der Waals surface area contributed by atoms with Gasteiger partial charge in [0.2, 0.25) is 0 Å². The van der Waals surface area contributed by atoms with Crippen LogP contribution in [0.15, 0.2) is 0 Å². The second-order valence-electron chi connectivity index (χ2n) is 13.0. The lowest BCUT2D eigenvalue weighted by molar-refractivity contribution is -0.272. The Labute approximate surface area is 187 Å². The highest BCUT2D eigenvalue weighted by molar-refractivity contribution is 5.87. The summed E-state index contributed by atoms with van der Waals surface area (Å²) in [5, 5.41) is 10.3. The van der Waals surface area contributed by atoms with Crippen molar-refractivity contribution in [3.8, 4) is 0 Å². The molecule has 6 aliphatic rings. The highest BCUT2D eigenvalue weighted by Gasteiger charge is 2.71. The molecule has 1 N–H and O–H groups in total. The Morgan fingerprint density at radius 3 is 2.55 bits per heavy atom. The van der Waals surface area contributed by atoms with Crippen molar-refractivity contribution in [3.05, 3.63) is 0 Å². The van der Waals surface area contributed by atoms with Gasteiger partial charge in [-0.3, -0.25) is 4.79 Å². The minimum atomic E-state index is -0.448. The van der Waals surface area contributed by atoms with E-state index >= 15 is 0 Å². The fourth-order valence-electron chi connectivity index (χ4n) is 9.93. The topological polar surface area (TPSA) is 55.8 Å². The van der Waals surface area contributed by atoms with E-state index in [0.717, 1.165) is 51.6 Å². The predicted molar refractivity (Wildman–Crippen MR) is 118 cm³/mol. The van der Waals surface area contributed by atoms with Crippen LogP contribution in [-0.4, -0.2) is 35.5 Å². The molecule has 6 rings (SSSR count). The van der Waals surface area contributed by atoms with E-state index in [-0.39, 0.29) is 29.0 Å². The van der Waals surface area contributed by atoms with Crippen LogP contribution in [0, 0.1) is 52.3 Å². The summed E-state index contributed by atoms with van der Waals surface area (Å²) in [6, 6.07) is 0. The zero-order chi connectivity index (χ0) is 21.8. The van der Waals surface area contributed by atoms with E-state index in [4.69, 9.17) is 9.47 Å². The number of rotatable bonds is 0. The van der Waals surface area contributed by atoms with E-state index in [9.17, 15) is 9.90 Å². The van der Waals surface area contributed by atoms with Gasteiger partial charge in [-0.05, 0) is 80.0 Å². The molecule has 31 heavy (non-hydrogen) atoms. The van der Waals surface area contributed by atoms with Crippen LogP contribution in [0.25, 0.3) is 0 Å². The summed E-state index contributed by atoms with van der Waals surface area (Å²) in [5.41, 5.74) is -0.0221. The van der Waals surface area contributed by atoms with E-state index in [1.165, 1.54) is 12.8 Å². The Bertz CT molecular complexity index is 756. The van der Waals surface area contributed by atoms with Crippen molar-refractivity contribution < 1.29 is 19.4 Å². The molecule has 4 heteroatoms. The van der Waals surface area contributed by atoms with E-state index in [1.807, 2.05) is 0 Å². The first-order valence-corrected chi connectivity index (χ1v) is 13.2. The number of aliphatic hydroxyl groups is 1. The number of hydrogen-bond acceptors (Lipinski definition) is 4. The van der Waals surface area contributed by atoms with Crippen molar-refractivity contribution in [3.63, 3.8) is 0 Å². The maximum atomic E-state index is 14.0. The first-order valence-electron chi connectivity index (χ1n) is 13.2. The zero-order valence-corrected chi connectivity index (χ0v) is 19.9. The Kier molecular flexibility index (Phi) is 4.62. The van der Waals surface area contributed by atoms with Crippen LogP contribution in [0.2, 0.25) is 0 Å². The number of carbonyl (C=O) groups excluding carboxylic acids is 1. The summed E-state index contributed by atoms with van der Waals surface area (Å²) < 4.78 is 13.2. The van der Waals surface area contributed by atoms with Crippen molar-refractivity contribution in [2.24, 2.45) is 52.3 Å². The summed E-state index contributed by atoms with van der Waals surface area (Å²) in [4.78, 5) is 14.0. The van der Waals surface area contributed by atoms with E-state index < -0.39 is 5.79 Å². The second-order valence-corrected chi connectivity index (χ2v) is 13.0. The van der Waals surface area contributed by atoms with Crippen LogP contribution in [0.1, 0.15) is 85.5 Å². The van der Waals surface area contributed by atoms with Gasteiger partial charge in [0.25, 0.3) is 0 Å². The molecular weight excluding hydrogens is 388 g/mol. The summed E-state index contributed by atoms with van der Waals surface area (Å²) >= 11 is 0. The van der Waals surface area contributed by atoms with Crippen LogP contribution in [0.4, 0.5) is 0 Å². The molecular formula is C27H42O4. The third-order valence-electron chi connectivity index (χ3n) is 11.8. The molecule has 2 aliphatic heterocycles. The molecule has 0 amide bonds. The molecule has 12 atom stereocenters. The summed E-state index contributed by atoms with van der Waals surface area (Å²) in [7, 11) is 0. The number of hydrogen-bond donors (Lipinski definition) is 1. The maximum Gasteiger partial charge on any atom is 0.171 e. The van der Waals surface area contributed by atoms with E-state index in [1.54, 1.807) is 0 Å². The average Bonchev–Trinajstić information content (AvgIpc) is 3.18. The second kappa shape index (κ2) is 6.79. The van der Waals surface area contributed by atoms with Gasteiger partial charge in [0, 0.05) is 30.1 Å². The number of fused-ring (bicyclic) bond motifs is 7. The molecule has 4 saturated carbocycles. The van der Waals surface area contributed by atoms with Crippen LogP contribution in [-0.2, 0) is 14.3 Å². The fraction of sp³-hybridized carbons (Fsp3) is 0.963. The van der Waals surface area contributed by atoms with Crippen LogP contribution in [0.5, 0.6) is 0 Å². The Morgan fingerprint density at radius 2 is 1.81 bits per heavy atom. The summed E-state index contributed by atoms with van der Waals surface area (Å²) in [6.07, 6.45) is 9.39. The molecule has 0 radical (unpaired) electrons. The normalized spacial score (nSPS) is 60.9. The van der Waals surface area contributed by atoms with Gasteiger partial charge in [-0.15, -0.1) is 0 Å². The van der Waals surface area contributed by atoms with Crippen LogP contribution >= 0.6 is 0 Å². The number of Topliss-reactive ketones (excluding diaryl/α,β-unsaturated/α-hetero) is 1. The lowest BCUT2D eigenvalue weighted by Crippen LogP contribution is -2.58. The molecule has 174 valence electrons. The quantitative estimate of drug-likeness (QED) is 0.589. The van der Waals surface area contributed by atoms with Gasteiger partial charge in [-0.25, -0.2) is 0 Å². The molecule has 2 heterocycles. The van der Waals surface area contributed by atoms with Gasteiger partial charge in [-0.1, -0.05) is 27.7 Å². The number of carbonyl (C=O) groups is 1. The van der Waals surface area contributed by atoms with Gasteiger partial charge < -0.3 is 14.6 Å². The average molecular weight is 431 g/mol. The molecule has 4 nitrogen and oxygen atoms in total. The van der Waals surface area contributed by atoms with Gasteiger partial charge in [0.15, 0.2) is 5.79 Å². The van der Waals surface area contributed by atoms with Crippen LogP contribution in [0.3, 0.4) is 0 Å². The predicted octanol–water partition coefficient (Wildman–Crippen LogP) is 4.97. The zero-order valence-electron chi connectivity index (χ0n) is 19.9. The molecule has 4 aliphatic carbocycles. The van der Waals surface area contributed by atoms with Gasteiger partial charge in [0.1, 0.15) is 5.78 Å². The van der Waals surface area contributed by atoms with E-state index in [0.29, 0.717) is 41.3 Å². The highest BCUT2D eigenvalue weighted by atomic mass is 16.7. The van der Waals surface area contributed by atoms with Crippen molar-refractivity contribution in [2.45, 2.75) is 103 Å². The van der Waals surface area contributed by atoms with Crippen LogP contribution < -0.4 is 0 Å². The minimum Gasteiger partial charge on any atom is -0.393 e.